The van der Waals surface area contributed by atoms with Crippen molar-refractivity contribution in [3.8, 4) is 0 Å². The van der Waals surface area contributed by atoms with Crippen molar-refractivity contribution in [2.24, 2.45) is 0 Å². The fourth-order valence-corrected chi connectivity index (χ4v) is 4.34. The predicted octanol–water partition coefficient (Wildman–Crippen LogP) is 4.09. The maximum absolute atomic E-state index is 12.4. The van der Waals surface area contributed by atoms with Crippen molar-refractivity contribution in [3.05, 3.63) is 64.7 Å². The summed E-state index contributed by atoms with van der Waals surface area (Å²) in [5.41, 5.74) is 3.26. The van der Waals surface area contributed by atoms with Gasteiger partial charge >= 0.3 is 0 Å². The van der Waals surface area contributed by atoms with Crippen molar-refractivity contribution >= 4 is 44.7 Å². The number of nitrogens with one attached hydrogen (secondary N) is 1. The maximum atomic E-state index is 12.4. The molecule has 7 nitrogen and oxygen atoms in total. The van der Waals surface area contributed by atoms with E-state index in [1.54, 1.807) is 6.07 Å². The molecule has 0 aliphatic carbocycles. The highest BCUT2D eigenvalue weighted by Crippen LogP contribution is 2.32. The van der Waals surface area contributed by atoms with Gasteiger partial charge in [-0.3, -0.25) is 4.79 Å². The van der Waals surface area contributed by atoms with Crippen LogP contribution in [0.25, 0.3) is 33.0 Å². The Morgan fingerprint density at radius 1 is 1.03 bits per heavy atom. The van der Waals surface area contributed by atoms with E-state index < -0.39 is 0 Å². The van der Waals surface area contributed by atoms with Crippen molar-refractivity contribution < 1.29 is 0 Å². The summed E-state index contributed by atoms with van der Waals surface area (Å²) < 4.78 is 2.14. The second-order valence-electron chi connectivity index (χ2n) is 6.76. The fraction of sp³-hybridized carbons (Fsp3) is 0.190. The normalized spacial score (nSPS) is 12.8. The summed E-state index contributed by atoms with van der Waals surface area (Å²) in [6.07, 6.45) is 0. The number of nitrogens with zero attached hydrogens (tertiary/aromatic N) is 5. The number of thioether (sulfide) groups is 1. The summed E-state index contributed by atoms with van der Waals surface area (Å²) in [5, 5.41) is 10.8. The van der Waals surface area contributed by atoms with Crippen LogP contribution in [0.2, 0.25) is 0 Å². The van der Waals surface area contributed by atoms with Crippen LogP contribution in [0.1, 0.15) is 24.9 Å². The van der Waals surface area contributed by atoms with Gasteiger partial charge in [0.15, 0.2) is 5.65 Å². The van der Waals surface area contributed by atoms with E-state index >= 15 is 0 Å². The molecule has 144 valence electrons. The molecule has 0 aliphatic rings. The molecule has 1 atom stereocenters. The van der Waals surface area contributed by atoms with E-state index in [0.29, 0.717) is 21.9 Å². The Kier molecular flexibility index (Phi) is 4.28. The molecule has 8 heteroatoms. The molecular weight excluding hydrogens is 384 g/mol. The number of aryl methyl sites for hydroxylation is 1. The fourth-order valence-electron chi connectivity index (χ4n) is 3.57. The van der Waals surface area contributed by atoms with Crippen LogP contribution < -0.4 is 5.56 Å². The standard InChI is InChI=1S/C21H18N6OS/c1-3-27-16-11-7-5-9-14(16)17-19(27)24-21(26-25-17)29-12(2)18-22-15-10-6-4-8-13(15)20(28)23-18/h4-12H,3H2,1-2H3,(H,22,23,28). The number of hydrogen-bond acceptors (Lipinski definition) is 6. The topological polar surface area (TPSA) is 89.4 Å². The minimum absolute atomic E-state index is 0.133. The second kappa shape index (κ2) is 6.97. The van der Waals surface area contributed by atoms with Crippen molar-refractivity contribution in [1.29, 1.82) is 0 Å². The third-order valence-electron chi connectivity index (χ3n) is 4.97. The van der Waals surface area contributed by atoms with E-state index in [4.69, 9.17) is 4.98 Å². The van der Waals surface area contributed by atoms with Crippen LogP contribution in [0.15, 0.2) is 58.5 Å². The Bertz CT molecular complexity index is 1420. The largest absolute Gasteiger partial charge is 0.324 e. The molecule has 2 aromatic carbocycles. The zero-order chi connectivity index (χ0) is 20.0. The summed E-state index contributed by atoms with van der Waals surface area (Å²) in [6, 6.07) is 15.4. The molecule has 0 aliphatic heterocycles. The molecule has 0 radical (unpaired) electrons. The van der Waals surface area contributed by atoms with Crippen LogP contribution >= 0.6 is 11.8 Å². The molecule has 1 unspecified atom stereocenters. The lowest BCUT2D eigenvalue weighted by Gasteiger charge is -2.10. The Hall–Kier alpha value is -3.26. The molecule has 1 N–H and O–H groups in total. The molecule has 0 bridgehead atoms. The van der Waals surface area contributed by atoms with Crippen molar-refractivity contribution in [2.75, 3.05) is 0 Å². The third-order valence-corrected chi connectivity index (χ3v) is 5.93. The third kappa shape index (κ3) is 2.96. The minimum Gasteiger partial charge on any atom is -0.324 e. The van der Waals surface area contributed by atoms with Gasteiger partial charge in [-0.15, -0.1) is 10.2 Å². The average molecular weight is 402 g/mol. The first-order valence-electron chi connectivity index (χ1n) is 9.43. The molecule has 0 saturated heterocycles. The molecule has 0 saturated carbocycles. The van der Waals surface area contributed by atoms with Crippen molar-refractivity contribution in [1.82, 2.24) is 29.7 Å². The van der Waals surface area contributed by atoms with E-state index in [1.807, 2.05) is 43.3 Å². The summed E-state index contributed by atoms with van der Waals surface area (Å²) >= 11 is 1.43. The number of hydrogen-bond donors (Lipinski definition) is 1. The van der Waals surface area contributed by atoms with Crippen molar-refractivity contribution in [3.63, 3.8) is 0 Å². The molecule has 0 fully saturated rings. The van der Waals surface area contributed by atoms with E-state index in [1.165, 1.54) is 11.8 Å². The number of para-hydroxylation sites is 2. The van der Waals surface area contributed by atoms with Gasteiger partial charge in [0.05, 0.1) is 21.7 Å². The van der Waals surface area contributed by atoms with Crippen LogP contribution in [-0.4, -0.2) is 29.7 Å². The molecule has 5 rings (SSSR count). The predicted molar refractivity (Wildman–Crippen MR) is 115 cm³/mol. The van der Waals surface area contributed by atoms with Gasteiger partial charge in [-0.05, 0) is 32.0 Å². The first-order chi connectivity index (χ1) is 14.2. The number of aromatic nitrogens is 6. The highest BCUT2D eigenvalue weighted by molar-refractivity contribution is 7.99. The highest BCUT2D eigenvalue weighted by atomic mass is 32.2. The van der Waals surface area contributed by atoms with Gasteiger partial charge in [0, 0.05) is 11.9 Å². The molecule has 0 spiro atoms. The smallest absolute Gasteiger partial charge is 0.258 e. The summed E-state index contributed by atoms with van der Waals surface area (Å²) in [7, 11) is 0. The van der Waals surface area contributed by atoms with Gasteiger partial charge in [0.1, 0.15) is 11.3 Å². The van der Waals surface area contributed by atoms with E-state index in [0.717, 1.165) is 28.6 Å². The number of aromatic amines is 1. The summed E-state index contributed by atoms with van der Waals surface area (Å²) in [4.78, 5) is 24.6. The van der Waals surface area contributed by atoms with Crippen LogP contribution in [-0.2, 0) is 6.54 Å². The molecule has 29 heavy (non-hydrogen) atoms. The van der Waals surface area contributed by atoms with Gasteiger partial charge in [0.2, 0.25) is 5.16 Å². The lowest BCUT2D eigenvalue weighted by atomic mass is 10.2. The van der Waals surface area contributed by atoms with Gasteiger partial charge in [0.25, 0.3) is 5.56 Å². The van der Waals surface area contributed by atoms with Gasteiger partial charge in [-0.25, -0.2) is 9.97 Å². The summed E-state index contributed by atoms with van der Waals surface area (Å²) in [6.45, 7) is 4.86. The quantitative estimate of drug-likeness (QED) is 0.456. The van der Waals surface area contributed by atoms with Crippen LogP contribution in [0.5, 0.6) is 0 Å². The first kappa shape index (κ1) is 17.8. The van der Waals surface area contributed by atoms with Crippen LogP contribution in [0, 0.1) is 0 Å². The zero-order valence-electron chi connectivity index (χ0n) is 16.0. The lowest BCUT2D eigenvalue weighted by Crippen LogP contribution is -2.13. The Labute approximate surface area is 170 Å². The Balaban J connectivity index is 1.55. The van der Waals surface area contributed by atoms with Gasteiger partial charge < -0.3 is 9.55 Å². The van der Waals surface area contributed by atoms with Crippen molar-refractivity contribution in [2.45, 2.75) is 30.8 Å². The van der Waals surface area contributed by atoms with Crippen LogP contribution in [0.4, 0.5) is 0 Å². The number of benzene rings is 2. The molecule has 0 amide bonds. The van der Waals surface area contributed by atoms with E-state index in [2.05, 4.69) is 37.7 Å². The highest BCUT2D eigenvalue weighted by Gasteiger charge is 2.17. The molecular formula is C21H18N6OS. The maximum Gasteiger partial charge on any atom is 0.258 e. The molecule has 3 heterocycles. The SMILES string of the molecule is CCn1c2ccccc2c2nnc(SC(C)c3nc4ccccc4c(=O)[nH]3)nc21. The van der Waals surface area contributed by atoms with Gasteiger partial charge in [-0.2, -0.15) is 0 Å². The van der Waals surface area contributed by atoms with E-state index in [9.17, 15) is 4.79 Å². The Morgan fingerprint density at radius 3 is 2.62 bits per heavy atom. The number of fused-ring (bicyclic) bond motifs is 4. The number of rotatable bonds is 4. The Morgan fingerprint density at radius 2 is 1.79 bits per heavy atom. The summed E-state index contributed by atoms with van der Waals surface area (Å²) in [5.74, 6) is 0.596. The van der Waals surface area contributed by atoms with Crippen LogP contribution in [0.3, 0.4) is 0 Å². The second-order valence-corrected chi connectivity index (χ2v) is 8.06. The first-order valence-corrected chi connectivity index (χ1v) is 10.3. The minimum atomic E-state index is -0.140. The average Bonchev–Trinajstić information content (AvgIpc) is 3.06. The molecule has 5 aromatic rings. The lowest BCUT2D eigenvalue weighted by molar-refractivity contribution is 0.787. The van der Waals surface area contributed by atoms with Gasteiger partial charge in [-0.1, -0.05) is 42.1 Å². The van der Waals surface area contributed by atoms with E-state index in [-0.39, 0.29) is 10.8 Å². The zero-order valence-corrected chi connectivity index (χ0v) is 16.8. The molecule has 3 aromatic heterocycles. The monoisotopic (exact) mass is 402 g/mol. The number of H-pyrrole nitrogens is 1.